The number of benzene rings is 2. The first kappa shape index (κ1) is 21.6. The molecule has 0 amide bonds. The van der Waals surface area contributed by atoms with Gasteiger partial charge in [-0.15, -0.1) is 0 Å². The van der Waals surface area contributed by atoms with Crippen molar-refractivity contribution in [3.8, 4) is 11.5 Å². The zero-order valence-corrected chi connectivity index (χ0v) is 15.6. The molecule has 2 heterocycles. The van der Waals surface area contributed by atoms with E-state index in [0.717, 1.165) is 10.8 Å². The van der Waals surface area contributed by atoms with Gasteiger partial charge in [0.2, 0.25) is 0 Å². The summed E-state index contributed by atoms with van der Waals surface area (Å²) >= 11 is 0. The summed E-state index contributed by atoms with van der Waals surface area (Å²) in [4.78, 5) is 28.9. The van der Waals surface area contributed by atoms with Crippen LogP contribution in [0, 0.1) is 0 Å². The molecule has 0 atom stereocenters. The summed E-state index contributed by atoms with van der Waals surface area (Å²) in [5.41, 5.74) is 0.484. The Morgan fingerprint density at radius 1 is 0.655 bits per heavy atom. The number of carboxylic acids is 2. The van der Waals surface area contributed by atoms with Crippen LogP contribution in [0.2, 0.25) is 0 Å². The van der Waals surface area contributed by atoms with Gasteiger partial charge in [-0.05, 0) is 24.3 Å². The minimum absolute atomic E-state index is 0. The molecule has 4 N–H and O–H groups in total. The monoisotopic (exact) mass is 436 g/mol. The predicted molar refractivity (Wildman–Crippen MR) is 101 cm³/mol. The van der Waals surface area contributed by atoms with Crippen LogP contribution in [0.15, 0.2) is 60.7 Å². The van der Waals surface area contributed by atoms with Crippen LogP contribution >= 0.6 is 0 Å². The molecule has 2 aromatic heterocycles. The van der Waals surface area contributed by atoms with Crippen LogP contribution < -0.4 is 0 Å². The van der Waals surface area contributed by atoms with Gasteiger partial charge in [0.15, 0.2) is 11.4 Å². The van der Waals surface area contributed by atoms with E-state index in [1.807, 2.05) is 0 Å². The number of hydrogen-bond donors (Lipinski definition) is 4. The van der Waals surface area contributed by atoms with Crippen LogP contribution in [-0.2, 0) is 16.5 Å². The Labute approximate surface area is 174 Å². The summed E-state index contributed by atoms with van der Waals surface area (Å²) in [5, 5.41) is 37.5. The third kappa shape index (κ3) is 4.77. The van der Waals surface area contributed by atoms with Crippen LogP contribution in [0.1, 0.15) is 21.0 Å². The fraction of sp³-hybridized carbons (Fsp3) is 0. The van der Waals surface area contributed by atoms with Crippen LogP contribution in [0.4, 0.5) is 0 Å². The van der Waals surface area contributed by atoms with E-state index in [1.54, 1.807) is 48.5 Å². The van der Waals surface area contributed by atoms with E-state index in [4.69, 9.17) is 10.2 Å². The summed E-state index contributed by atoms with van der Waals surface area (Å²) in [6.45, 7) is 0. The quantitative estimate of drug-likeness (QED) is 0.351. The average molecular weight is 437 g/mol. The first-order valence-corrected chi connectivity index (χ1v) is 8.01. The molecule has 2 aromatic carbocycles. The number of pyridine rings is 2. The number of para-hydroxylation sites is 2. The van der Waals surface area contributed by atoms with Gasteiger partial charge in [0, 0.05) is 27.3 Å². The number of nitrogens with zero attached hydrogens (tertiary/aromatic N) is 2. The molecule has 29 heavy (non-hydrogen) atoms. The van der Waals surface area contributed by atoms with Crippen molar-refractivity contribution in [2.75, 3.05) is 0 Å². The largest absolute Gasteiger partial charge is 0.505 e. The fourth-order valence-corrected chi connectivity index (χ4v) is 2.52. The predicted octanol–water partition coefficient (Wildman–Crippen LogP) is 3.27. The van der Waals surface area contributed by atoms with Crippen molar-refractivity contribution in [1.82, 2.24) is 9.97 Å². The normalized spacial score (nSPS) is 9.93. The number of aromatic hydroxyl groups is 2. The first-order valence-electron chi connectivity index (χ1n) is 8.01. The summed E-state index contributed by atoms with van der Waals surface area (Å²) in [5.74, 6) is -3.08. The maximum Gasteiger partial charge on any atom is 0.358 e. The summed E-state index contributed by atoms with van der Waals surface area (Å²) < 4.78 is 0. The molecule has 0 unspecified atom stereocenters. The minimum Gasteiger partial charge on any atom is -0.505 e. The van der Waals surface area contributed by atoms with E-state index < -0.39 is 11.9 Å². The number of rotatable bonds is 2. The summed E-state index contributed by atoms with van der Waals surface area (Å²) in [6.07, 6.45) is 0. The topological polar surface area (TPSA) is 141 Å². The van der Waals surface area contributed by atoms with Gasteiger partial charge in [0.25, 0.3) is 0 Å². The Morgan fingerprint density at radius 3 is 1.34 bits per heavy atom. The maximum atomic E-state index is 10.6. The van der Waals surface area contributed by atoms with Crippen LogP contribution in [0.5, 0.6) is 11.5 Å². The van der Waals surface area contributed by atoms with E-state index in [9.17, 15) is 19.8 Å². The third-order valence-corrected chi connectivity index (χ3v) is 3.81. The molecule has 4 aromatic rings. The molecule has 0 saturated carbocycles. The van der Waals surface area contributed by atoms with Gasteiger partial charge in [0.1, 0.15) is 11.5 Å². The van der Waals surface area contributed by atoms with Crippen LogP contribution in [-0.4, -0.2) is 42.3 Å². The Balaban J connectivity index is 0.000000200. The molecular formula is C20H14N2NiO6. The summed E-state index contributed by atoms with van der Waals surface area (Å²) in [7, 11) is 0. The van der Waals surface area contributed by atoms with E-state index in [2.05, 4.69) is 9.97 Å². The van der Waals surface area contributed by atoms with Crippen molar-refractivity contribution in [1.29, 1.82) is 0 Å². The van der Waals surface area contributed by atoms with Crippen LogP contribution in [0.25, 0.3) is 21.8 Å². The van der Waals surface area contributed by atoms with Crippen molar-refractivity contribution in [2.45, 2.75) is 0 Å². The molecule has 9 heteroatoms. The first-order chi connectivity index (χ1) is 13.4. The molecule has 0 spiro atoms. The van der Waals surface area contributed by atoms with E-state index >= 15 is 0 Å². The van der Waals surface area contributed by atoms with E-state index in [-0.39, 0.29) is 39.4 Å². The SMILES string of the molecule is O=C(O)c1nc2ccccc2cc1O.O=C(O)c1nc2ccccc2cc1O.[Ni]. The van der Waals surface area contributed by atoms with Gasteiger partial charge in [-0.25, -0.2) is 19.6 Å². The Kier molecular flexibility index (Phi) is 6.69. The van der Waals surface area contributed by atoms with Crippen LogP contribution in [0.3, 0.4) is 0 Å². The second kappa shape index (κ2) is 8.99. The van der Waals surface area contributed by atoms with Gasteiger partial charge in [-0.2, -0.15) is 0 Å². The molecule has 0 aliphatic rings. The van der Waals surface area contributed by atoms with Gasteiger partial charge in [0.05, 0.1) is 11.0 Å². The number of fused-ring (bicyclic) bond motifs is 2. The number of aromatic nitrogens is 2. The maximum absolute atomic E-state index is 10.6. The second-order valence-electron chi connectivity index (χ2n) is 5.71. The Hall–Kier alpha value is -3.71. The molecule has 0 saturated heterocycles. The van der Waals surface area contributed by atoms with Crippen molar-refractivity contribution in [3.63, 3.8) is 0 Å². The van der Waals surface area contributed by atoms with Crippen molar-refractivity contribution in [2.24, 2.45) is 0 Å². The molecule has 0 aliphatic heterocycles. The molecule has 0 aliphatic carbocycles. The Bertz CT molecular complexity index is 1120. The molecule has 150 valence electrons. The van der Waals surface area contributed by atoms with E-state index in [0.29, 0.717) is 11.0 Å². The number of carbonyl (C=O) groups is 2. The third-order valence-electron chi connectivity index (χ3n) is 3.81. The van der Waals surface area contributed by atoms with Crippen molar-refractivity contribution in [3.05, 3.63) is 72.1 Å². The van der Waals surface area contributed by atoms with E-state index in [1.165, 1.54) is 12.1 Å². The fourth-order valence-electron chi connectivity index (χ4n) is 2.52. The second-order valence-corrected chi connectivity index (χ2v) is 5.71. The number of carboxylic acid groups (broad SMARTS) is 2. The summed E-state index contributed by atoms with van der Waals surface area (Å²) in [6, 6.07) is 16.8. The molecule has 8 nitrogen and oxygen atoms in total. The van der Waals surface area contributed by atoms with Crippen molar-refractivity contribution < 1.29 is 46.5 Å². The smallest absolute Gasteiger partial charge is 0.358 e. The zero-order chi connectivity index (χ0) is 20.3. The zero-order valence-electron chi connectivity index (χ0n) is 14.6. The van der Waals surface area contributed by atoms with Gasteiger partial charge >= 0.3 is 11.9 Å². The molecule has 0 radical (unpaired) electrons. The van der Waals surface area contributed by atoms with Gasteiger partial charge in [-0.1, -0.05) is 36.4 Å². The van der Waals surface area contributed by atoms with Crippen molar-refractivity contribution >= 4 is 33.7 Å². The van der Waals surface area contributed by atoms with Gasteiger partial charge < -0.3 is 20.4 Å². The molecule has 0 bridgehead atoms. The van der Waals surface area contributed by atoms with Gasteiger partial charge in [-0.3, -0.25) is 0 Å². The molecule has 0 fully saturated rings. The number of aromatic carboxylic acids is 2. The average Bonchev–Trinajstić information content (AvgIpc) is 2.67. The number of hydrogen-bond acceptors (Lipinski definition) is 6. The Morgan fingerprint density at radius 2 is 1.00 bits per heavy atom. The molecule has 4 rings (SSSR count). The minimum atomic E-state index is -1.23. The molecular weight excluding hydrogens is 423 g/mol. The standard InChI is InChI=1S/2C10H7NO3.Ni/c2*12-8-5-6-3-1-2-4-7(6)11-9(8)10(13)14;/h2*1-5,12H,(H,13,14);.